The van der Waals surface area contributed by atoms with Gasteiger partial charge in [0.2, 0.25) is 0 Å². The number of hydrogen-bond acceptors (Lipinski definition) is 1. The van der Waals surface area contributed by atoms with Gasteiger partial charge in [0.05, 0.1) is 0 Å². The van der Waals surface area contributed by atoms with Crippen LogP contribution in [0, 0.1) is 0 Å². The third-order valence-corrected chi connectivity index (χ3v) is 1.85. The van der Waals surface area contributed by atoms with Crippen molar-refractivity contribution in [3.8, 4) is 0 Å². The van der Waals surface area contributed by atoms with E-state index >= 15 is 0 Å². The van der Waals surface area contributed by atoms with Gasteiger partial charge in [-0.25, -0.2) is 4.79 Å². The lowest BCUT2D eigenvalue weighted by Crippen LogP contribution is -2.03. The zero-order valence-corrected chi connectivity index (χ0v) is 7.31. The Labute approximate surface area is 77.2 Å². The Kier molecular flexibility index (Phi) is 3.31. The highest BCUT2D eigenvalue weighted by Crippen LogP contribution is 2.39. The van der Waals surface area contributed by atoms with E-state index in [9.17, 15) is 0 Å². The van der Waals surface area contributed by atoms with Crippen LogP contribution in [-0.2, 0) is 0 Å². The Balaban J connectivity index is 0.000000184. The lowest BCUT2D eigenvalue weighted by atomic mass is 10.1. The molecule has 0 bridgehead atoms. The second-order valence-corrected chi connectivity index (χ2v) is 3.02. The van der Waals surface area contributed by atoms with Crippen molar-refractivity contribution in [3.63, 3.8) is 0 Å². The number of amides is 1. The highest BCUT2D eigenvalue weighted by molar-refractivity contribution is 5.61. The molecule has 1 aromatic carbocycles. The number of primary amides is 1. The Morgan fingerprint density at radius 2 is 1.77 bits per heavy atom. The van der Waals surface area contributed by atoms with Crippen LogP contribution in [0.4, 0.5) is 4.79 Å². The predicted octanol–water partition coefficient (Wildman–Crippen LogP) is 2.19. The zero-order valence-electron chi connectivity index (χ0n) is 7.31. The minimum atomic E-state index is -1.33. The lowest BCUT2D eigenvalue weighted by molar-refractivity contribution is 0.205. The molecule has 0 aromatic heterocycles. The van der Waals surface area contributed by atoms with Crippen molar-refractivity contribution in [2.24, 2.45) is 5.73 Å². The number of carboxylic acid groups (broad SMARTS) is 1. The summed E-state index contributed by atoms with van der Waals surface area (Å²) in [5.74, 6) is 0.909. The van der Waals surface area contributed by atoms with Gasteiger partial charge in [-0.2, -0.15) is 0 Å². The van der Waals surface area contributed by atoms with E-state index in [4.69, 9.17) is 9.90 Å². The molecular weight excluding hydrogens is 166 g/mol. The molecular formula is C10H13NO2. The molecule has 1 aliphatic carbocycles. The summed E-state index contributed by atoms with van der Waals surface area (Å²) in [6, 6.07) is 10.8. The molecule has 0 aliphatic heterocycles. The number of carbonyl (C=O) groups is 1. The summed E-state index contributed by atoms with van der Waals surface area (Å²) in [7, 11) is 0. The highest BCUT2D eigenvalue weighted by atomic mass is 16.4. The molecule has 3 nitrogen and oxygen atoms in total. The summed E-state index contributed by atoms with van der Waals surface area (Å²) in [6.07, 6.45) is 1.48. The van der Waals surface area contributed by atoms with Crippen molar-refractivity contribution in [1.29, 1.82) is 0 Å². The maximum Gasteiger partial charge on any atom is 0.402 e. The number of benzene rings is 1. The van der Waals surface area contributed by atoms with Gasteiger partial charge in [-0.1, -0.05) is 30.3 Å². The molecule has 3 N–H and O–H groups in total. The summed E-state index contributed by atoms with van der Waals surface area (Å²) < 4.78 is 0. The summed E-state index contributed by atoms with van der Waals surface area (Å²) in [5.41, 5.74) is 5.55. The van der Waals surface area contributed by atoms with Gasteiger partial charge in [0.15, 0.2) is 0 Å². The van der Waals surface area contributed by atoms with Crippen LogP contribution in [0.15, 0.2) is 30.3 Å². The van der Waals surface area contributed by atoms with Crippen molar-refractivity contribution in [2.45, 2.75) is 18.8 Å². The normalized spacial score (nSPS) is 14.2. The maximum atomic E-state index is 8.78. The molecule has 1 fully saturated rings. The fraction of sp³-hybridized carbons (Fsp3) is 0.300. The third-order valence-electron chi connectivity index (χ3n) is 1.85. The summed E-state index contributed by atoms with van der Waals surface area (Å²) >= 11 is 0. The maximum absolute atomic E-state index is 8.78. The number of rotatable bonds is 1. The molecule has 0 unspecified atom stereocenters. The molecule has 70 valence electrons. The molecule has 1 aliphatic rings. The van der Waals surface area contributed by atoms with Crippen LogP contribution in [0.3, 0.4) is 0 Å². The summed E-state index contributed by atoms with van der Waals surface area (Å²) in [4.78, 5) is 8.78. The molecule has 0 radical (unpaired) electrons. The minimum absolute atomic E-state index is 0.909. The number of nitrogens with two attached hydrogens (primary N) is 1. The zero-order chi connectivity index (χ0) is 9.68. The Hall–Kier alpha value is -1.51. The van der Waals surface area contributed by atoms with E-state index in [1.807, 2.05) is 0 Å². The van der Waals surface area contributed by atoms with E-state index in [0.29, 0.717) is 0 Å². The van der Waals surface area contributed by atoms with Crippen LogP contribution in [0.2, 0.25) is 0 Å². The molecule has 1 amide bonds. The average Bonchev–Trinajstić information content (AvgIpc) is 2.87. The van der Waals surface area contributed by atoms with Crippen molar-refractivity contribution < 1.29 is 9.90 Å². The van der Waals surface area contributed by atoms with E-state index in [0.717, 1.165) is 5.92 Å². The minimum Gasteiger partial charge on any atom is -0.465 e. The van der Waals surface area contributed by atoms with Gasteiger partial charge in [0, 0.05) is 0 Å². The predicted molar refractivity (Wildman–Crippen MR) is 50.6 cm³/mol. The Bertz CT molecular complexity index is 264. The fourth-order valence-electron chi connectivity index (χ4n) is 1.14. The largest absolute Gasteiger partial charge is 0.465 e. The van der Waals surface area contributed by atoms with Gasteiger partial charge in [0.25, 0.3) is 0 Å². The lowest BCUT2D eigenvalue weighted by Gasteiger charge is -1.92. The van der Waals surface area contributed by atoms with Crippen LogP contribution in [0.1, 0.15) is 24.3 Å². The Morgan fingerprint density at radius 3 is 2.15 bits per heavy atom. The quantitative estimate of drug-likeness (QED) is 0.694. The highest BCUT2D eigenvalue weighted by Gasteiger charge is 2.22. The second kappa shape index (κ2) is 4.50. The first-order valence-electron chi connectivity index (χ1n) is 4.23. The Morgan fingerprint density at radius 1 is 1.31 bits per heavy atom. The molecule has 0 spiro atoms. The van der Waals surface area contributed by atoms with E-state index in [1.54, 1.807) is 0 Å². The molecule has 1 saturated carbocycles. The molecule has 0 saturated heterocycles. The van der Waals surface area contributed by atoms with Crippen molar-refractivity contribution in [2.75, 3.05) is 0 Å². The van der Waals surface area contributed by atoms with Gasteiger partial charge in [-0.05, 0) is 24.3 Å². The standard InChI is InChI=1S/C9H10.CH3NO2/c1-2-4-8(5-3-1)9-6-7-9;2-1(3)4/h1-5,9H,6-7H2;2H2,(H,3,4). The van der Waals surface area contributed by atoms with E-state index in [-0.39, 0.29) is 0 Å². The average molecular weight is 179 g/mol. The second-order valence-electron chi connectivity index (χ2n) is 3.02. The monoisotopic (exact) mass is 179 g/mol. The van der Waals surface area contributed by atoms with Crippen LogP contribution in [-0.4, -0.2) is 11.2 Å². The van der Waals surface area contributed by atoms with Crippen LogP contribution in [0.25, 0.3) is 0 Å². The van der Waals surface area contributed by atoms with Crippen molar-refractivity contribution >= 4 is 6.09 Å². The van der Waals surface area contributed by atoms with Crippen LogP contribution in [0.5, 0.6) is 0 Å². The molecule has 13 heavy (non-hydrogen) atoms. The topological polar surface area (TPSA) is 63.3 Å². The van der Waals surface area contributed by atoms with E-state index in [1.165, 1.54) is 18.4 Å². The third kappa shape index (κ3) is 4.15. The summed E-state index contributed by atoms with van der Waals surface area (Å²) in [5, 5.41) is 7.19. The first-order valence-corrected chi connectivity index (χ1v) is 4.23. The molecule has 1 aromatic rings. The summed E-state index contributed by atoms with van der Waals surface area (Å²) in [6.45, 7) is 0. The van der Waals surface area contributed by atoms with Crippen LogP contribution >= 0.6 is 0 Å². The van der Waals surface area contributed by atoms with E-state index < -0.39 is 6.09 Å². The molecule has 2 rings (SSSR count). The van der Waals surface area contributed by atoms with Crippen LogP contribution < -0.4 is 5.73 Å². The van der Waals surface area contributed by atoms with Crippen molar-refractivity contribution in [3.05, 3.63) is 35.9 Å². The smallest absolute Gasteiger partial charge is 0.402 e. The molecule has 3 heteroatoms. The van der Waals surface area contributed by atoms with Gasteiger partial charge >= 0.3 is 6.09 Å². The van der Waals surface area contributed by atoms with E-state index in [2.05, 4.69) is 36.1 Å². The van der Waals surface area contributed by atoms with Crippen molar-refractivity contribution in [1.82, 2.24) is 0 Å². The van der Waals surface area contributed by atoms with Gasteiger partial charge < -0.3 is 10.8 Å². The fourth-order valence-corrected chi connectivity index (χ4v) is 1.14. The van der Waals surface area contributed by atoms with Gasteiger partial charge in [-0.3, -0.25) is 0 Å². The SMILES string of the molecule is NC(=O)O.c1ccc(C2CC2)cc1. The number of hydrogen-bond donors (Lipinski definition) is 2. The van der Waals surface area contributed by atoms with Gasteiger partial charge in [-0.15, -0.1) is 0 Å². The first kappa shape index (κ1) is 9.58. The first-order chi connectivity index (χ1) is 6.20. The van der Waals surface area contributed by atoms with Gasteiger partial charge in [0.1, 0.15) is 0 Å². The molecule has 0 atom stereocenters. The molecule has 0 heterocycles.